The number of benzene rings is 1. The highest BCUT2D eigenvalue weighted by Crippen LogP contribution is 2.39. The van der Waals surface area contributed by atoms with Gasteiger partial charge in [0.2, 0.25) is 5.75 Å². The minimum absolute atomic E-state index is 0.212. The van der Waals surface area contributed by atoms with Crippen LogP contribution < -0.4 is 14.2 Å². The van der Waals surface area contributed by atoms with E-state index in [1.165, 1.54) is 0 Å². The molecule has 1 fully saturated rings. The van der Waals surface area contributed by atoms with Crippen LogP contribution in [0.4, 0.5) is 0 Å². The van der Waals surface area contributed by atoms with Gasteiger partial charge in [-0.15, -0.1) is 0 Å². The molecule has 0 aromatic heterocycles. The molecule has 0 unspecified atom stereocenters. The Morgan fingerprint density at radius 3 is 2.38 bits per heavy atom. The Bertz CT molecular complexity index is 584. The molecular weight excluding hydrogens is 306 g/mol. The van der Waals surface area contributed by atoms with Crippen LogP contribution in [0.15, 0.2) is 17.7 Å². The van der Waals surface area contributed by atoms with Crippen LogP contribution in [0, 0.1) is 0 Å². The lowest BCUT2D eigenvalue weighted by atomic mass is 10.00. The number of hydrogen-bond acceptors (Lipinski definition) is 5. The average molecular weight is 333 g/mol. The van der Waals surface area contributed by atoms with Gasteiger partial charge in [-0.05, 0) is 36.7 Å². The van der Waals surface area contributed by atoms with E-state index in [9.17, 15) is 4.79 Å². The summed E-state index contributed by atoms with van der Waals surface area (Å²) in [5, 5.41) is 0. The Labute approximate surface area is 144 Å². The topological polar surface area (TPSA) is 48.0 Å². The molecule has 0 spiro atoms. The predicted octanol–water partition coefficient (Wildman–Crippen LogP) is 3.17. The Kier molecular flexibility index (Phi) is 6.67. The summed E-state index contributed by atoms with van der Waals surface area (Å²) in [5.74, 6) is 2.05. The molecule has 1 aromatic carbocycles. The minimum Gasteiger partial charge on any atom is -0.493 e. The molecule has 1 aliphatic rings. The molecular formula is C19H27NO4. The standard InChI is InChI=1S/C19H27NO4/c1-5-9-24-19-17(22-3)11-14(12-18(19)23-4)10-15-13-20(6-2)8-7-16(15)21/h10-12H,5-9,13H2,1-4H3/b15-10+. The average Bonchev–Trinajstić information content (AvgIpc) is 2.61. The van der Waals surface area contributed by atoms with Crippen LogP contribution in [-0.4, -0.2) is 51.1 Å². The molecule has 0 aliphatic carbocycles. The van der Waals surface area contributed by atoms with Gasteiger partial charge >= 0.3 is 0 Å². The zero-order valence-electron chi connectivity index (χ0n) is 15.1. The van der Waals surface area contributed by atoms with Crippen molar-refractivity contribution >= 4 is 11.9 Å². The molecule has 24 heavy (non-hydrogen) atoms. The number of rotatable bonds is 7. The largest absolute Gasteiger partial charge is 0.493 e. The smallest absolute Gasteiger partial charge is 0.203 e. The zero-order valence-corrected chi connectivity index (χ0v) is 15.1. The van der Waals surface area contributed by atoms with Crippen LogP contribution in [0.25, 0.3) is 6.08 Å². The van der Waals surface area contributed by atoms with E-state index in [0.717, 1.165) is 30.6 Å². The number of piperidine rings is 1. The third kappa shape index (κ3) is 4.29. The van der Waals surface area contributed by atoms with Gasteiger partial charge in [-0.3, -0.25) is 9.69 Å². The van der Waals surface area contributed by atoms with E-state index in [0.29, 0.717) is 36.8 Å². The summed E-state index contributed by atoms with van der Waals surface area (Å²) >= 11 is 0. The summed E-state index contributed by atoms with van der Waals surface area (Å²) in [6, 6.07) is 3.78. The first-order chi connectivity index (χ1) is 11.6. The second kappa shape index (κ2) is 8.73. The van der Waals surface area contributed by atoms with E-state index >= 15 is 0 Å². The summed E-state index contributed by atoms with van der Waals surface area (Å²) < 4.78 is 16.7. The van der Waals surface area contributed by atoms with Gasteiger partial charge < -0.3 is 14.2 Å². The Morgan fingerprint density at radius 1 is 1.17 bits per heavy atom. The van der Waals surface area contributed by atoms with E-state index in [4.69, 9.17) is 14.2 Å². The van der Waals surface area contributed by atoms with E-state index in [1.807, 2.05) is 25.1 Å². The van der Waals surface area contributed by atoms with Gasteiger partial charge in [0.05, 0.1) is 20.8 Å². The fraction of sp³-hybridized carbons (Fsp3) is 0.526. The number of likely N-dealkylation sites (N-methyl/N-ethyl adjacent to an activating group) is 1. The van der Waals surface area contributed by atoms with Crippen LogP contribution in [0.5, 0.6) is 17.2 Å². The van der Waals surface area contributed by atoms with Crippen LogP contribution in [0.2, 0.25) is 0 Å². The molecule has 0 radical (unpaired) electrons. The third-order valence-corrected chi connectivity index (χ3v) is 4.13. The zero-order chi connectivity index (χ0) is 17.5. The van der Waals surface area contributed by atoms with Crippen LogP contribution in [0.1, 0.15) is 32.3 Å². The molecule has 0 bridgehead atoms. The van der Waals surface area contributed by atoms with Crippen LogP contribution in [-0.2, 0) is 4.79 Å². The first-order valence-electron chi connectivity index (χ1n) is 8.47. The van der Waals surface area contributed by atoms with Crippen molar-refractivity contribution in [2.24, 2.45) is 0 Å². The summed E-state index contributed by atoms with van der Waals surface area (Å²) in [4.78, 5) is 14.5. The van der Waals surface area contributed by atoms with E-state index in [2.05, 4.69) is 11.8 Å². The van der Waals surface area contributed by atoms with Gasteiger partial charge in [-0.1, -0.05) is 13.8 Å². The summed E-state index contributed by atoms with van der Waals surface area (Å²) in [7, 11) is 3.21. The summed E-state index contributed by atoms with van der Waals surface area (Å²) in [6.45, 7) is 7.22. The maximum atomic E-state index is 12.2. The lowest BCUT2D eigenvalue weighted by Crippen LogP contribution is -2.35. The molecule has 0 atom stereocenters. The molecule has 1 heterocycles. The quantitative estimate of drug-likeness (QED) is 0.717. The fourth-order valence-corrected chi connectivity index (χ4v) is 2.76. The number of methoxy groups -OCH3 is 2. The van der Waals surface area contributed by atoms with Gasteiger partial charge in [0.1, 0.15) is 0 Å². The highest BCUT2D eigenvalue weighted by molar-refractivity contribution is 6.00. The Morgan fingerprint density at radius 2 is 1.83 bits per heavy atom. The molecule has 5 nitrogen and oxygen atoms in total. The monoisotopic (exact) mass is 333 g/mol. The molecule has 1 saturated heterocycles. The number of ether oxygens (including phenoxy) is 3. The Hall–Kier alpha value is -2.01. The van der Waals surface area contributed by atoms with E-state index in [1.54, 1.807) is 14.2 Å². The number of carbonyl (C=O) groups excluding carboxylic acids is 1. The van der Waals surface area contributed by atoms with Crippen molar-refractivity contribution in [1.82, 2.24) is 4.90 Å². The van der Waals surface area contributed by atoms with Gasteiger partial charge in [0.25, 0.3) is 0 Å². The van der Waals surface area contributed by atoms with E-state index in [-0.39, 0.29) is 5.78 Å². The molecule has 0 saturated carbocycles. The number of ketones is 1. The number of hydrogen-bond donors (Lipinski definition) is 0. The molecule has 0 N–H and O–H groups in total. The van der Waals surface area contributed by atoms with Crippen molar-refractivity contribution in [3.8, 4) is 17.2 Å². The van der Waals surface area contributed by atoms with Gasteiger partial charge in [-0.25, -0.2) is 0 Å². The number of Topliss-reactive ketones (excluding diaryl/α,β-unsaturated/α-hetero) is 1. The first-order valence-corrected chi connectivity index (χ1v) is 8.47. The van der Waals surface area contributed by atoms with Crippen LogP contribution in [0.3, 0.4) is 0 Å². The second-order valence-corrected chi connectivity index (χ2v) is 5.81. The SMILES string of the molecule is CCCOc1c(OC)cc(/C=C2\CN(CC)CCC2=O)cc1OC. The highest BCUT2D eigenvalue weighted by Gasteiger charge is 2.21. The number of likely N-dealkylation sites (tertiary alicyclic amines) is 1. The molecule has 132 valence electrons. The van der Waals surface area contributed by atoms with Crippen LogP contribution >= 0.6 is 0 Å². The minimum atomic E-state index is 0.212. The number of nitrogens with zero attached hydrogens (tertiary/aromatic N) is 1. The van der Waals surface area contributed by atoms with E-state index < -0.39 is 0 Å². The first kappa shape index (κ1) is 18.3. The van der Waals surface area contributed by atoms with Gasteiger partial charge in [0.15, 0.2) is 17.3 Å². The van der Waals surface area contributed by atoms with Crippen molar-refractivity contribution in [2.45, 2.75) is 26.7 Å². The fourth-order valence-electron chi connectivity index (χ4n) is 2.76. The van der Waals surface area contributed by atoms with Gasteiger partial charge in [0, 0.05) is 25.1 Å². The normalized spacial score (nSPS) is 17.2. The van der Waals surface area contributed by atoms with Crippen molar-refractivity contribution in [3.63, 3.8) is 0 Å². The van der Waals surface area contributed by atoms with Crippen molar-refractivity contribution in [1.29, 1.82) is 0 Å². The Balaban J connectivity index is 2.36. The molecule has 5 heteroatoms. The highest BCUT2D eigenvalue weighted by atomic mass is 16.5. The second-order valence-electron chi connectivity index (χ2n) is 5.81. The van der Waals surface area contributed by atoms with Crippen molar-refractivity contribution < 1.29 is 19.0 Å². The lowest BCUT2D eigenvalue weighted by Gasteiger charge is -2.26. The molecule has 1 aliphatic heterocycles. The maximum Gasteiger partial charge on any atom is 0.203 e. The van der Waals surface area contributed by atoms with Crippen molar-refractivity contribution in [2.75, 3.05) is 40.5 Å². The summed E-state index contributed by atoms with van der Waals surface area (Å²) in [6.07, 6.45) is 3.41. The third-order valence-electron chi connectivity index (χ3n) is 4.13. The molecule has 2 rings (SSSR count). The summed E-state index contributed by atoms with van der Waals surface area (Å²) in [5.41, 5.74) is 1.71. The molecule has 0 amide bonds. The lowest BCUT2D eigenvalue weighted by molar-refractivity contribution is -0.117. The number of carbonyl (C=O) groups is 1. The maximum absolute atomic E-state index is 12.2. The predicted molar refractivity (Wildman–Crippen MR) is 95.0 cm³/mol. The van der Waals surface area contributed by atoms with Crippen molar-refractivity contribution in [3.05, 3.63) is 23.3 Å². The molecule has 1 aromatic rings. The van der Waals surface area contributed by atoms with Gasteiger partial charge in [-0.2, -0.15) is 0 Å².